The van der Waals surface area contributed by atoms with E-state index < -0.39 is 24.0 Å². The van der Waals surface area contributed by atoms with Crippen molar-refractivity contribution in [3.8, 4) is 0 Å². The number of carbonyl (C=O) groups excluding carboxylic acids is 1. The van der Waals surface area contributed by atoms with E-state index in [-0.39, 0.29) is 23.0 Å². The third-order valence-electron chi connectivity index (χ3n) is 5.04. The molecular formula is C15H16F3N7O. The lowest BCUT2D eigenvalue weighted by molar-refractivity contribution is -0.191. The third kappa shape index (κ3) is 2.58. The molecule has 2 aromatic heterocycles. The van der Waals surface area contributed by atoms with Crippen LogP contribution < -0.4 is 5.32 Å². The van der Waals surface area contributed by atoms with Crippen molar-refractivity contribution in [3.63, 3.8) is 0 Å². The fourth-order valence-electron chi connectivity index (χ4n) is 3.20. The van der Waals surface area contributed by atoms with Gasteiger partial charge >= 0.3 is 6.18 Å². The molecule has 8 nitrogen and oxygen atoms in total. The molecule has 0 bridgehead atoms. The molecule has 1 amide bonds. The van der Waals surface area contributed by atoms with Crippen LogP contribution in [0.3, 0.4) is 0 Å². The highest BCUT2D eigenvalue weighted by Gasteiger charge is 2.55. The lowest BCUT2D eigenvalue weighted by atomic mass is 9.82. The van der Waals surface area contributed by atoms with Gasteiger partial charge in [0, 0.05) is 18.2 Å². The number of halogens is 3. The van der Waals surface area contributed by atoms with E-state index in [1.165, 1.54) is 6.20 Å². The molecule has 2 N–H and O–H groups in total. The van der Waals surface area contributed by atoms with Gasteiger partial charge in [-0.15, -0.1) is 10.2 Å². The SMILES string of the molecule is C[C@]1(C(F)(F)F)CC(c2cnn(C3CCC3)c2)=C(c2nn[nH]n2)C(=O)N1. The normalized spacial score (nSPS) is 24.5. The molecule has 3 heterocycles. The molecule has 2 aromatic rings. The molecule has 0 aromatic carbocycles. The molecule has 2 aliphatic rings. The van der Waals surface area contributed by atoms with Gasteiger partial charge in [0.1, 0.15) is 5.54 Å². The van der Waals surface area contributed by atoms with E-state index in [0.29, 0.717) is 5.56 Å². The first kappa shape index (κ1) is 16.7. The Morgan fingerprint density at radius 2 is 2.12 bits per heavy atom. The van der Waals surface area contributed by atoms with Crippen molar-refractivity contribution in [1.29, 1.82) is 0 Å². The number of rotatable bonds is 3. The maximum absolute atomic E-state index is 13.5. The molecule has 0 saturated heterocycles. The zero-order chi connectivity index (χ0) is 18.5. The van der Waals surface area contributed by atoms with Crippen LogP contribution in [-0.2, 0) is 4.79 Å². The Hall–Kier alpha value is -2.72. The molecule has 0 radical (unpaired) electrons. The molecule has 26 heavy (non-hydrogen) atoms. The maximum Gasteiger partial charge on any atom is 0.411 e. The number of alkyl halides is 3. The first-order chi connectivity index (χ1) is 12.3. The van der Waals surface area contributed by atoms with Crippen molar-refractivity contribution in [1.82, 2.24) is 35.7 Å². The zero-order valence-electron chi connectivity index (χ0n) is 13.8. The number of nitrogens with one attached hydrogen (secondary N) is 2. The van der Waals surface area contributed by atoms with Gasteiger partial charge in [-0.1, -0.05) is 0 Å². The average molecular weight is 367 g/mol. The summed E-state index contributed by atoms with van der Waals surface area (Å²) >= 11 is 0. The van der Waals surface area contributed by atoms with Crippen LogP contribution in [-0.4, -0.2) is 48.0 Å². The van der Waals surface area contributed by atoms with Gasteiger partial charge in [0.15, 0.2) is 0 Å². The van der Waals surface area contributed by atoms with E-state index in [2.05, 4.69) is 31.0 Å². The monoisotopic (exact) mass is 367 g/mol. The van der Waals surface area contributed by atoms with Gasteiger partial charge in [-0.05, 0) is 37.0 Å². The largest absolute Gasteiger partial charge is 0.411 e. The van der Waals surface area contributed by atoms with Crippen LogP contribution >= 0.6 is 0 Å². The number of amides is 1. The van der Waals surface area contributed by atoms with Crippen molar-refractivity contribution in [2.24, 2.45) is 0 Å². The second-order valence-corrected chi connectivity index (χ2v) is 6.84. The number of carbonyl (C=O) groups is 1. The van der Waals surface area contributed by atoms with Gasteiger partial charge in [-0.3, -0.25) is 9.48 Å². The molecule has 4 rings (SSSR count). The summed E-state index contributed by atoms with van der Waals surface area (Å²) in [5.41, 5.74) is -1.73. The van der Waals surface area contributed by atoms with E-state index in [0.717, 1.165) is 26.2 Å². The van der Waals surface area contributed by atoms with E-state index in [9.17, 15) is 18.0 Å². The minimum atomic E-state index is -4.61. The number of aromatic nitrogens is 6. The molecule has 0 spiro atoms. The van der Waals surface area contributed by atoms with Crippen molar-refractivity contribution in [2.75, 3.05) is 0 Å². The summed E-state index contributed by atoms with van der Waals surface area (Å²) in [6.45, 7) is 0.967. The average Bonchev–Trinajstić information content (AvgIpc) is 3.15. The summed E-state index contributed by atoms with van der Waals surface area (Å²) in [6.07, 6.45) is 1.20. The molecule has 1 saturated carbocycles. The molecule has 1 aliphatic heterocycles. The van der Waals surface area contributed by atoms with E-state index in [1.54, 1.807) is 10.9 Å². The van der Waals surface area contributed by atoms with Gasteiger partial charge in [-0.25, -0.2) is 0 Å². The minimum Gasteiger partial charge on any atom is -0.338 e. The number of hydrogen-bond donors (Lipinski definition) is 2. The first-order valence-electron chi connectivity index (χ1n) is 8.19. The number of H-pyrrole nitrogens is 1. The van der Waals surface area contributed by atoms with Crippen LogP contribution in [0.25, 0.3) is 11.1 Å². The van der Waals surface area contributed by atoms with Gasteiger partial charge in [-0.2, -0.15) is 23.5 Å². The van der Waals surface area contributed by atoms with Crippen LogP contribution in [0, 0.1) is 0 Å². The molecule has 11 heteroatoms. The fourth-order valence-corrected chi connectivity index (χ4v) is 3.20. The molecule has 1 aliphatic carbocycles. The number of tetrazole rings is 1. The third-order valence-corrected chi connectivity index (χ3v) is 5.04. The summed E-state index contributed by atoms with van der Waals surface area (Å²) in [4.78, 5) is 12.5. The lowest BCUT2D eigenvalue weighted by Crippen LogP contribution is -2.59. The minimum absolute atomic E-state index is 0.0198. The van der Waals surface area contributed by atoms with Crippen LogP contribution in [0.2, 0.25) is 0 Å². The topological polar surface area (TPSA) is 101 Å². The number of aromatic amines is 1. The van der Waals surface area contributed by atoms with Crippen LogP contribution in [0.15, 0.2) is 12.4 Å². The molecule has 1 fully saturated rings. The summed E-state index contributed by atoms with van der Waals surface area (Å²) in [6, 6.07) is 0.254. The van der Waals surface area contributed by atoms with E-state index in [4.69, 9.17) is 0 Å². The first-order valence-corrected chi connectivity index (χ1v) is 8.19. The van der Waals surface area contributed by atoms with Crippen LogP contribution in [0.5, 0.6) is 0 Å². The smallest absolute Gasteiger partial charge is 0.338 e. The second-order valence-electron chi connectivity index (χ2n) is 6.84. The standard InChI is InChI=1S/C15H16F3N7O/c1-14(15(16,17)18)5-10(8-6-19-25(7-8)9-3-2-4-9)11(13(26)20-14)12-21-23-24-22-12/h6-7,9H,2-5H2,1H3,(H,20,26)(H,21,22,23,24)/t14-/m1/s1. The highest BCUT2D eigenvalue weighted by atomic mass is 19.4. The summed E-state index contributed by atoms with van der Waals surface area (Å²) < 4.78 is 42.4. The Kier molecular flexibility index (Phi) is 3.63. The molecular weight excluding hydrogens is 351 g/mol. The summed E-state index contributed by atoms with van der Waals surface area (Å²) in [5.74, 6) is -0.929. The van der Waals surface area contributed by atoms with Crippen molar-refractivity contribution >= 4 is 17.1 Å². The Bertz CT molecular complexity index is 866. The molecule has 0 unspecified atom stereocenters. The summed E-state index contributed by atoms with van der Waals surface area (Å²) in [7, 11) is 0. The number of hydrogen-bond acceptors (Lipinski definition) is 5. The van der Waals surface area contributed by atoms with Gasteiger partial charge in [0.05, 0.1) is 17.8 Å². The van der Waals surface area contributed by atoms with Crippen molar-refractivity contribution < 1.29 is 18.0 Å². The predicted octanol–water partition coefficient (Wildman–Crippen LogP) is 1.87. The Balaban J connectivity index is 1.82. The molecule has 138 valence electrons. The number of nitrogens with zero attached hydrogens (tertiary/aromatic N) is 5. The van der Waals surface area contributed by atoms with Crippen LogP contribution in [0.1, 0.15) is 50.0 Å². The Morgan fingerprint density at radius 1 is 1.35 bits per heavy atom. The second kappa shape index (κ2) is 5.64. The van der Waals surface area contributed by atoms with Gasteiger partial charge < -0.3 is 5.32 Å². The molecule has 1 atom stereocenters. The van der Waals surface area contributed by atoms with E-state index >= 15 is 0 Å². The van der Waals surface area contributed by atoms with Crippen molar-refractivity contribution in [3.05, 3.63) is 23.8 Å². The van der Waals surface area contributed by atoms with Crippen LogP contribution in [0.4, 0.5) is 13.2 Å². The fraction of sp³-hybridized carbons (Fsp3) is 0.533. The summed E-state index contributed by atoms with van der Waals surface area (Å²) in [5, 5.41) is 19.5. The quantitative estimate of drug-likeness (QED) is 0.862. The Morgan fingerprint density at radius 3 is 2.69 bits per heavy atom. The van der Waals surface area contributed by atoms with E-state index in [1.807, 2.05) is 0 Å². The maximum atomic E-state index is 13.5. The Labute approximate surface area is 145 Å². The van der Waals surface area contributed by atoms with Gasteiger partial charge in [0.25, 0.3) is 5.91 Å². The highest BCUT2D eigenvalue weighted by Crippen LogP contribution is 2.43. The van der Waals surface area contributed by atoms with Gasteiger partial charge in [0.2, 0.25) is 5.82 Å². The van der Waals surface area contributed by atoms with Crippen molar-refractivity contribution in [2.45, 2.75) is 50.4 Å². The predicted molar refractivity (Wildman–Crippen MR) is 83.3 cm³/mol. The zero-order valence-corrected chi connectivity index (χ0v) is 13.8. The highest BCUT2D eigenvalue weighted by molar-refractivity contribution is 6.27. The lowest BCUT2D eigenvalue weighted by Gasteiger charge is -2.37.